The second-order valence-corrected chi connectivity index (χ2v) is 4.16. The van der Waals surface area contributed by atoms with Crippen molar-refractivity contribution >= 4 is 11.0 Å². The van der Waals surface area contributed by atoms with Crippen LogP contribution in [0.5, 0.6) is 0 Å². The van der Waals surface area contributed by atoms with Crippen LogP contribution in [0.4, 0.5) is 0 Å². The minimum Gasteiger partial charge on any atom is -0.267 e. The Kier molecular flexibility index (Phi) is 2.06. The Balaban J connectivity index is 2.56. The van der Waals surface area contributed by atoms with E-state index in [2.05, 4.69) is 37.9 Å². The normalized spacial score (nSPS) is 12.1. The van der Waals surface area contributed by atoms with Crippen LogP contribution in [0.1, 0.15) is 39.8 Å². The first kappa shape index (κ1) is 9.24. The quantitative estimate of drug-likeness (QED) is 0.732. The summed E-state index contributed by atoms with van der Waals surface area (Å²) in [6.07, 6.45) is 3.92. The standard InChI is InChI=1S/C10H16N4/c1-7(2)13-6-9-5-11-14(8(3)4)10(9)12-13/h5-8H,1-4H3. The highest BCUT2D eigenvalue weighted by atomic mass is 15.4. The van der Waals surface area contributed by atoms with Crippen LogP contribution in [-0.4, -0.2) is 19.6 Å². The maximum Gasteiger partial charge on any atom is 0.180 e. The van der Waals surface area contributed by atoms with E-state index in [0.717, 1.165) is 11.0 Å². The third-order valence-corrected chi connectivity index (χ3v) is 2.30. The lowest BCUT2D eigenvalue weighted by atomic mass is 10.4. The van der Waals surface area contributed by atoms with Gasteiger partial charge in [-0.25, -0.2) is 4.68 Å². The summed E-state index contributed by atoms with van der Waals surface area (Å²) in [6.45, 7) is 8.47. The lowest BCUT2D eigenvalue weighted by Gasteiger charge is -2.06. The van der Waals surface area contributed by atoms with E-state index >= 15 is 0 Å². The lowest BCUT2D eigenvalue weighted by Crippen LogP contribution is -2.06. The second-order valence-electron chi connectivity index (χ2n) is 4.16. The maximum absolute atomic E-state index is 4.51. The topological polar surface area (TPSA) is 35.6 Å². The molecule has 4 heteroatoms. The van der Waals surface area contributed by atoms with E-state index in [-0.39, 0.29) is 0 Å². The van der Waals surface area contributed by atoms with Crippen LogP contribution in [-0.2, 0) is 0 Å². The molecular weight excluding hydrogens is 176 g/mol. The van der Waals surface area contributed by atoms with E-state index < -0.39 is 0 Å². The van der Waals surface area contributed by atoms with Crippen molar-refractivity contribution in [3.63, 3.8) is 0 Å². The molecule has 14 heavy (non-hydrogen) atoms. The first-order valence-corrected chi connectivity index (χ1v) is 5.02. The molecule has 2 rings (SSSR count). The van der Waals surface area contributed by atoms with Gasteiger partial charge in [-0.3, -0.25) is 4.68 Å². The van der Waals surface area contributed by atoms with Gasteiger partial charge in [0.05, 0.1) is 11.6 Å². The second kappa shape index (κ2) is 3.12. The number of fused-ring (bicyclic) bond motifs is 1. The van der Waals surface area contributed by atoms with Gasteiger partial charge < -0.3 is 0 Å². The molecule has 0 fully saturated rings. The average molecular weight is 192 g/mol. The van der Waals surface area contributed by atoms with Crippen molar-refractivity contribution in [1.29, 1.82) is 0 Å². The number of hydrogen-bond acceptors (Lipinski definition) is 2. The highest BCUT2D eigenvalue weighted by Crippen LogP contribution is 2.17. The fourth-order valence-electron chi connectivity index (χ4n) is 1.49. The Morgan fingerprint density at radius 2 is 1.86 bits per heavy atom. The van der Waals surface area contributed by atoms with Crippen molar-refractivity contribution in [1.82, 2.24) is 19.6 Å². The Morgan fingerprint density at radius 1 is 1.14 bits per heavy atom. The van der Waals surface area contributed by atoms with E-state index in [1.807, 2.05) is 21.8 Å². The van der Waals surface area contributed by atoms with Gasteiger partial charge in [-0.1, -0.05) is 0 Å². The monoisotopic (exact) mass is 192 g/mol. The number of nitrogens with zero attached hydrogens (tertiary/aromatic N) is 4. The van der Waals surface area contributed by atoms with Crippen molar-refractivity contribution in [2.24, 2.45) is 0 Å². The zero-order chi connectivity index (χ0) is 10.3. The summed E-state index contributed by atoms with van der Waals surface area (Å²) in [5.74, 6) is 0. The molecule has 0 aliphatic carbocycles. The van der Waals surface area contributed by atoms with Crippen LogP contribution < -0.4 is 0 Å². The zero-order valence-electron chi connectivity index (χ0n) is 9.10. The fourth-order valence-corrected chi connectivity index (χ4v) is 1.49. The molecule has 0 N–H and O–H groups in total. The highest BCUT2D eigenvalue weighted by molar-refractivity contribution is 5.73. The summed E-state index contributed by atoms with van der Waals surface area (Å²) < 4.78 is 3.93. The van der Waals surface area contributed by atoms with Crippen LogP contribution in [0.3, 0.4) is 0 Å². The molecule has 0 aliphatic rings. The van der Waals surface area contributed by atoms with Crippen LogP contribution in [0, 0.1) is 0 Å². The third-order valence-electron chi connectivity index (χ3n) is 2.30. The minimum absolute atomic E-state index is 0.364. The van der Waals surface area contributed by atoms with Crippen LogP contribution >= 0.6 is 0 Å². The molecule has 0 bridgehead atoms. The average Bonchev–Trinajstić information content (AvgIpc) is 2.58. The Hall–Kier alpha value is -1.32. The first-order valence-electron chi connectivity index (χ1n) is 5.02. The van der Waals surface area contributed by atoms with E-state index in [9.17, 15) is 0 Å². The summed E-state index contributed by atoms with van der Waals surface area (Å²) in [5, 5.41) is 9.92. The van der Waals surface area contributed by atoms with Gasteiger partial charge in [0.25, 0.3) is 0 Å². The molecule has 0 unspecified atom stereocenters. The predicted molar refractivity (Wildman–Crippen MR) is 56.3 cm³/mol. The molecule has 0 saturated heterocycles. The van der Waals surface area contributed by atoms with Crippen LogP contribution in [0.15, 0.2) is 12.4 Å². The molecule has 2 aromatic rings. The Labute approximate surface area is 83.5 Å². The molecule has 0 radical (unpaired) electrons. The van der Waals surface area contributed by atoms with Crippen molar-refractivity contribution in [2.75, 3.05) is 0 Å². The lowest BCUT2D eigenvalue weighted by molar-refractivity contribution is 0.510. The van der Waals surface area contributed by atoms with E-state index in [1.54, 1.807) is 0 Å². The summed E-state index contributed by atoms with van der Waals surface area (Å²) in [4.78, 5) is 0. The van der Waals surface area contributed by atoms with Crippen LogP contribution in [0.25, 0.3) is 11.0 Å². The minimum atomic E-state index is 0.364. The molecule has 0 atom stereocenters. The van der Waals surface area contributed by atoms with E-state index in [1.165, 1.54) is 0 Å². The number of hydrogen-bond donors (Lipinski definition) is 0. The molecular formula is C10H16N4. The number of rotatable bonds is 2. The maximum atomic E-state index is 4.51. The molecule has 0 saturated carbocycles. The van der Waals surface area contributed by atoms with Gasteiger partial charge in [0.2, 0.25) is 0 Å². The predicted octanol–water partition coefficient (Wildman–Crippen LogP) is 2.39. The molecule has 0 spiro atoms. The first-order chi connectivity index (χ1) is 6.59. The molecule has 0 aromatic carbocycles. The number of aromatic nitrogens is 4. The van der Waals surface area contributed by atoms with Crippen molar-refractivity contribution in [2.45, 2.75) is 39.8 Å². The Morgan fingerprint density at radius 3 is 2.43 bits per heavy atom. The van der Waals surface area contributed by atoms with Crippen molar-refractivity contribution in [3.05, 3.63) is 12.4 Å². The van der Waals surface area contributed by atoms with Gasteiger partial charge in [0, 0.05) is 18.3 Å². The van der Waals surface area contributed by atoms with Gasteiger partial charge in [-0.15, -0.1) is 0 Å². The zero-order valence-corrected chi connectivity index (χ0v) is 9.10. The fraction of sp³-hybridized carbons (Fsp3) is 0.600. The molecule has 76 valence electrons. The largest absolute Gasteiger partial charge is 0.267 e. The summed E-state index contributed by atoms with van der Waals surface area (Å²) in [6, 6.07) is 0.769. The van der Waals surface area contributed by atoms with Gasteiger partial charge in [0.1, 0.15) is 0 Å². The summed E-state index contributed by atoms with van der Waals surface area (Å²) in [5.41, 5.74) is 0.980. The Bertz CT molecular complexity index is 436. The summed E-state index contributed by atoms with van der Waals surface area (Å²) in [7, 11) is 0. The molecule has 4 nitrogen and oxygen atoms in total. The van der Waals surface area contributed by atoms with Crippen molar-refractivity contribution in [3.8, 4) is 0 Å². The molecule has 0 amide bonds. The van der Waals surface area contributed by atoms with Crippen molar-refractivity contribution < 1.29 is 0 Å². The van der Waals surface area contributed by atoms with Gasteiger partial charge in [-0.05, 0) is 27.7 Å². The van der Waals surface area contributed by atoms with Crippen LogP contribution in [0.2, 0.25) is 0 Å². The summed E-state index contributed by atoms with van der Waals surface area (Å²) >= 11 is 0. The molecule has 0 aliphatic heterocycles. The van der Waals surface area contributed by atoms with E-state index in [4.69, 9.17) is 0 Å². The van der Waals surface area contributed by atoms with E-state index in [0.29, 0.717) is 12.1 Å². The molecule has 2 aromatic heterocycles. The van der Waals surface area contributed by atoms with Gasteiger partial charge >= 0.3 is 0 Å². The third kappa shape index (κ3) is 1.31. The van der Waals surface area contributed by atoms with Gasteiger partial charge in [-0.2, -0.15) is 10.2 Å². The SMILES string of the molecule is CC(C)n1cc2cnn(C(C)C)c2n1. The molecule has 2 heterocycles. The smallest absolute Gasteiger partial charge is 0.180 e. The van der Waals surface area contributed by atoms with Gasteiger partial charge in [0.15, 0.2) is 5.65 Å². The highest BCUT2D eigenvalue weighted by Gasteiger charge is 2.10.